The third-order valence-corrected chi connectivity index (χ3v) is 5.57. The lowest BCUT2D eigenvalue weighted by atomic mass is 10.1. The molecular formula is C27H38N4O12. The molecule has 4 amide bonds. The van der Waals surface area contributed by atoms with E-state index in [1.54, 1.807) is 30.3 Å². The second-order valence-electron chi connectivity index (χ2n) is 9.15. The van der Waals surface area contributed by atoms with E-state index in [9.17, 15) is 43.8 Å². The fourth-order valence-electron chi connectivity index (χ4n) is 3.51. The monoisotopic (exact) mass is 610 g/mol. The van der Waals surface area contributed by atoms with Gasteiger partial charge < -0.3 is 45.7 Å². The molecule has 1 aromatic carbocycles. The summed E-state index contributed by atoms with van der Waals surface area (Å²) in [4.78, 5) is 85.1. The van der Waals surface area contributed by atoms with Gasteiger partial charge >= 0.3 is 17.9 Å². The van der Waals surface area contributed by atoms with E-state index in [-0.39, 0.29) is 39.2 Å². The number of amides is 4. The Kier molecular flexibility index (Phi) is 17.2. The Hall–Kier alpha value is -4.57. The van der Waals surface area contributed by atoms with Gasteiger partial charge in [-0.15, -0.1) is 0 Å². The zero-order valence-electron chi connectivity index (χ0n) is 24.0. The summed E-state index contributed by atoms with van der Waals surface area (Å²) in [6, 6.07) is 4.11. The molecule has 0 heterocycles. The molecule has 16 nitrogen and oxygen atoms in total. The highest BCUT2D eigenvalue weighted by atomic mass is 16.5. The molecule has 0 aliphatic carbocycles. The van der Waals surface area contributed by atoms with Crippen LogP contribution in [0.3, 0.4) is 0 Å². The third kappa shape index (κ3) is 16.5. The van der Waals surface area contributed by atoms with Gasteiger partial charge in [0, 0.05) is 27.0 Å². The highest BCUT2D eigenvalue weighted by molar-refractivity contribution is 5.96. The Morgan fingerprint density at radius 1 is 0.767 bits per heavy atom. The number of carbonyl (C=O) groups is 7. The molecule has 16 heteroatoms. The number of carboxylic acid groups (broad SMARTS) is 2. The first-order valence-electron chi connectivity index (χ1n) is 13.3. The molecule has 0 radical (unpaired) electrons. The molecule has 3 atom stereocenters. The number of carboxylic acids is 2. The van der Waals surface area contributed by atoms with E-state index in [2.05, 4.69) is 21.3 Å². The summed E-state index contributed by atoms with van der Waals surface area (Å²) in [5.41, 5.74) is 0.736. The first-order chi connectivity index (χ1) is 20.4. The van der Waals surface area contributed by atoms with Crippen molar-refractivity contribution in [2.45, 2.75) is 57.3 Å². The average Bonchev–Trinajstić information content (AvgIpc) is 2.94. The number of nitrogens with one attached hydrogen (secondary N) is 4. The van der Waals surface area contributed by atoms with Gasteiger partial charge in [-0.05, 0) is 12.0 Å². The molecule has 238 valence electrons. The number of hydrogen-bond acceptors (Lipinski definition) is 10. The number of aliphatic carboxylic acids is 2. The van der Waals surface area contributed by atoms with Crippen molar-refractivity contribution in [1.82, 2.24) is 21.3 Å². The normalized spacial score (nSPS) is 12.6. The predicted molar refractivity (Wildman–Crippen MR) is 147 cm³/mol. The molecule has 43 heavy (non-hydrogen) atoms. The smallest absolute Gasteiger partial charge is 0.306 e. The highest BCUT2D eigenvalue weighted by Gasteiger charge is 2.32. The Morgan fingerprint density at radius 2 is 1.35 bits per heavy atom. The highest BCUT2D eigenvalue weighted by Crippen LogP contribution is 2.06. The van der Waals surface area contributed by atoms with Gasteiger partial charge in [0.15, 0.2) is 0 Å². The Labute approximate surface area is 247 Å². The molecule has 0 saturated heterocycles. The van der Waals surface area contributed by atoms with Crippen LogP contribution in [0, 0.1) is 0 Å². The van der Waals surface area contributed by atoms with Gasteiger partial charge in [-0.25, -0.2) is 0 Å². The van der Waals surface area contributed by atoms with Crippen LogP contribution >= 0.6 is 0 Å². The number of benzene rings is 1. The molecule has 1 aromatic rings. The van der Waals surface area contributed by atoms with Crippen LogP contribution in [0.4, 0.5) is 0 Å². The van der Waals surface area contributed by atoms with Crippen molar-refractivity contribution < 1.29 is 58.0 Å². The van der Waals surface area contributed by atoms with Crippen LogP contribution in [0.15, 0.2) is 30.3 Å². The fraction of sp³-hybridized carbons (Fsp3) is 0.519. The van der Waals surface area contributed by atoms with Crippen LogP contribution in [0.2, 0.25) is 0 Å². The summed E-state index contributed by atoms with van der Waals surface area (Å²) in [6.45, 7) is 1.74. The van der Waals surface area contributed by atoms with E-state index >= 15 is 0 Å². The van der Waals surface area contributed by atoms with Gasteiger partial charge in [0.2, 0.25) is 23.6 Å². The number of rotatable bonds is 21. The predicted octanol–water partition coefficient (Wildman–Crippen LogP) is -1.29. The molecule has 0 spiro atoms. The minimum absolute atomic E-state index is 0.0105. The van der Waals surface area contributed by atoms with Gasteiger partial charge in [-0.2, -0.15) is 0 Å². The van der Waals surface area contributed by atoms with Crippen molar-refractivity contribution in [1.29, 1.82) is 0 Å². The summed E-state index contributed by atoms with van der Waals surface area (Å²) in [5, 5.41) is 27.6. The maximum Gasteiger partial charge on any atom is 0.306 e. The van der Waals surface area contributed by atoms with E-state index < -0.39 is 72.5 Å². The molecule has 0 aliphatic heterocycles. The van der Waals surface area contributed by atoms with Crippen molar-refractivity contribution in [2.24, 2.45) is 0 Å². The quantitative estimate of drug-likeness (QED) is 0.0705. The Morgan fingerprint density at radius 3 is 1.91 bits per heavy atom. The molecule has 0 saturated carbocycles. The number of carbonyl (C=O) groups excluding carboxylic acids is 5. The van der Waals surface area contributed by atoms with Crippen molar-refractivity contribution in [3.8, 4) is 0 Å². The lowest BCUT2D eigenvalue weighted by Gasteiger charge is -2.24. The van der Waals surface area contributed by atoms with Crippen molar-refractivity contribution in [3.63, 3.8) is 0 Å². The molecule has 0 unspecified atom stereocenters. The topological polar surface area (TPSA) is 236 Å². The molecule has 0 aromatic heterocycles. The lowest BCUT2D eigenvalue weighted by Crippen LogP contribution is -2.57. The number of hydrogen-bond donors (Lipinski definition) is 6. The zero-order chi connectivity index (χ0) is 32.2. The fourth-order valence-corrected chi connectivity index (χ4v) is 3.51. The second-order valence-corrected chi connectivity index (χ2v) is 9.15. The van der Waals surface area contributed by atoms with Crippen LogP contribution in [-0.4, -0.2) is 103 Å². The number of ether oxygens (including phenoxy) is 3. The number of methoxy groups -OCH3 is 1. The van der Waals surface area contributed by atoms with Crippen molar-refractivity contribution in [3.05, 3.63) is 35.9 Å². The summed E-state index contributed by atoms with van der Waals surface area (Å²) in [7, 11) is 1.48. The standard InChI is InChI=1S/C27H38N4O12/c1-17(32)29-19(8-9-24(37)43-16-18-6-4-3-5-7-18)26(39)31-21(15-23(35)36)27(40)30-20(14-22(33)34)25(38)28-10-11-42-13-12-41-2/h3-7,19-21H,8-16H2,1-2H3,(H,28,38)(H,29,32)(H,30,40)(H,31,39)(H,33,34)(H,35,36)/t19-,20+,21+/m1/s1. The summed E-state index contributed by atoms with van der Waals surface area (Å²) >= 11 is 0. The minimum Gasteiger partial charge on any atom is -0.481 e. The van der Waals surface area contributed by atoms with Crippen LogP contribution in [0.1, 0.15) is 38.2 Å². The van der Waals surface area contributed by atoms with Gasteiger partial charge in [-0.3, -0.25) is 33.6 Å². The summed E-state index contributed by atoms with van der Waals surface area (Å²) in [5.74, 6) is -7.25. The van der Waals surface area contributed by atoms with E-state index in [1.807, 2.05) is 0 Å². The summed E-state index contributed by atoms with van der Waals surface area (Å²) < 4.78 is 15.2. The zero-order valence-corrected chi connectivity index (χ0v) is 24.0. The van der Waals surface area contributed by atoms with Crippen molar-refractivity contribution in [2.75, 3.05) is 33.5 Å². The first kappa shape index (κ1) is 36.5. The SMILES string of the molecule is COCCOCCNC(=O)[C@H](CC(=O)O)NC(=O)[C@H](CC(=O)O)NC(=O)[C@@H](CCC(=O)OCc1ccccc1)NC(C)=O. The molecule has 0 fully saturated rings. The van der Waals surface area contributed by atoms with Crippen LogP contribution < -0.4 is 21.3 Å². The molecular weight excluding hydrogens is 572 g/mol. The third-order valence-electron chi connectivity index (χ3n) is 5.57. The summed E-state index contributed by atoms with van der Waals surface area (Å²) in [6.07, 6.45) is -2.30. The largest absolute Gasteiger partial charge is 0.481 e. The van der Waals surface area contributed by atoms with E-state index in [1.165, 1.54) is 7.11 Å². The van der Waals surface area contributed by atoms with Gasteiger partial charge in [0.05, 0.1) is 32.7 Å². The average molecular weight is 611 g/mol. The van der Waals surface area contributed by atoms with Crippen LogP contribution in [0.5, 0.6) is 0 Å². The first-order valence-corrected chi connectivity index (χ1v) is 13.3. The molecule has 6 N–H and O–H groups in total. The van der Waals surface area contributed by atoms with E-state index in [0.717, 1.165) is 12.5 Å². The Balaban J connectivity index is 2.85. The van der Waals surface area contributed by atoms with E-state index in [0.29, 0.717) is 6.61 Å². The maximum absolute atomic E-state index is 13.0. The molecule has 0 bridgehead atoms. The van der Waals surface area contributed by atoms with Crippen LogP contribution in [-0.2, 0) is 54.4 Å². The second kappa shape index (κ2) is 20.3. The molecule has 1 rings (SSSR count). The Bertz CT molecular complexity index is 1100. The lowest BCUT2D eigenvalue weighted by molar-refractivity contribution is -0.145. The molecule has 0 aliphatic rings. The van der Waals surface area contributed by atoms with Gasteiger partial charge in [0.1, 0.15) is 24.7 Å². The van der Waals surface area contributed by atoms with Gasteiger partial charge in [0.25, 0.3) is 0 Å². The van der Waals surface area contributed by atoms with Crippen molar-refractivity contribution >= 4 is 41.5 Å². The maximum atomic E-state index is 13.0. The van der Waals surface area contributed by atoms with Crippen LogP contribution in [0.25, 0.3) is 0 Å². The minimum atomic E-state index is -1.76. The van der Waals surface area contributed by atoms with Gasteiger partial charge in [-0.1, -0.05) is 30.3 Å². The number of esters is 1. The van der Waals surface area contributed by atoms with E-state index in [4.69, 9.17) is 14.2 Å².